The fraction of sp³-hybridized carbons (Fsp3) is 0.562. The van der Waals surface area contributed by atoms with Gasteiger partial charge in [0, 0.05) is 13.1 Å². The molecule has 1 aromatic rings. The summed E-state index contributed by atoms with van der Waals surface area (Å²) in [7, 11) is 0. The SMILES string of the molecule is Cl.NCC(C(=O)NCC1CCCCC1)c1ccccc1. The lowest BCUT2D eigenvalue weighted by molar-refractivity contribution is -0.122. The molecule has 1 fully saturated rings. The Kier molecular flexibility index (Phi) is 7.63. The standard InChI is InChI=1S/C16H24N2O.ClH/c17-11-15(14-9-5-2-6-10-14)16(19)18-12-13-7-3-1-4-8-13;/h2,5-6,9-10,13,15H,1,3-4,7-8,11-12,17H2,(H,18,19);1H. The van der Waals surface area contributed by atoms with E-state index in [-0.39, 0.29) is 24.2 Å². The zero-order chi connectivity index (χ0) is 13.5. The minimum absolute atomic E-state index is 0. The Balaban J connectivity index is 0.00000200. The number of nitrogens with two attached hydrogens (primary N) is 1. The lowest BCUT2D eigenvalue weighted by atomic mass is 9.89. The van der Waals surface area contributed by atoms with Crippen LogP contribution in [0.1, 0.15) is 43.6 Å². The Morgan fingerprint density at radius 3 is 2.45 bits per heavy atom. The maximum atomic E-state index is 12.2. The van der Waals surface area contributed by atoms with E-state index in [9.17, 15) is 4.79 Å². The van der Waals surface area contributed by atoms with E-state index in [1.165, 1.54) is 32.1 Å². The van der Waals surface area contributed by atoms with E-state index < -0.39 is 0 Å². The summed E-state index contributed by atoms with van der Waals surface area (Å²) in [6.45, 7) is 1.17. The number of carbonyl (C=O) groups excluding carboxylic acids is 1. The summed E-state index contributed by atoms with van der Waals surface area (Å²) in [4.78, 5) is 12.2. The molecule has 1 saturated carbocycles. The van der Waals surface area contributed by atoms with Gasteiger partial charge in [-0.25, -0.2) is 0 Å². The predicted molar refractivity (Wildman–Crippen MR) is 85.1 cm³/mol. The predicted octanol–water partition coefficient (Wildman–Crippen LogP) is 2.85. The number of benzene rings is 1. The second-order valence-electron chi connectivity index (χ2n) is 5.45. The number of carbonyl (C=O) groups is 1. The molecule has 0 radical (unpaired) electrons. The van der Waals surface area contributed by atoms with Crippen LogP contribution in [0, 0.1) is 5.92 Å². The van der Waals surface area contributed by atoms with Crippen molar-refractivity contribution in [3.8, 4) is 0 Å². The summed E-state index contributed by atoms with van der Waals surface area (Å²) in [6.07, 6.45) is 6.46. The largest absolute Gasteiger partial charge is 0.355 e. The lowest BCUT2D eigenvalue weighted by Gasteiger charge is -2.23. The smallest absolute Gasteiger partial charge is 0.228 e. The van der Waals surface area contributed by atoms with Crippen molar-refractivity contribution < 1.29 is 4.79 Å². The third kappa shape index (κ3) is 4.80. The minimum atomic E-state index is -0.218. The van der Waals surface area contributed by atoms with Crippen molar-refractivity contribution >= 4 is 18.3 Å². The topological polar surface area (TPSA) is 55.1 Å². The van der Waals surface area contributed by atoms with Gasteiger partial charge in [-0.1, -0.05) is 49.6 Å². The Morgan fingerprint density at radius 1 is 1.20 bits per heavy atom. The van der Waals surface area contributed by atoms with Crippen molar-refractivity contribution in [2.45, 2.75) is 38.0 Å². The van der Waals surface area contributed by atoms with E-state index in [1.807, 2.05) is 30.3 Å². The van der Waals surface area contributed by atoms with Crippen molar-refractivity contribution in [1.82, 2.24) is 5.32 Å². The fourth-order valence-corrected chi connectivity index (χ4v) is 2.84. The molecule has 1 aromatic carbocycles. The molecule has 4 heteroatoms. The van der Waals surface area contributed by atoms with Crippen LogP contribution in [0.15, 0.2) is 30.3 Å². The van der Waals surface area contributed by atoms with Gasteiger partial charge in [-0.05, 0) is 24.3 Å². The first-order chi connectivity index (χ1) is 9.31. The van der Waals surface area contributed by atoms with E-state index in [2.05, 4.69) is 5.32 Å². The van der Waals surface area contributed by atoms with E-state index in [1.54, 1.807) is 0 Å². The average Bonchev–Trinajstić information content (AvgIpc) is 2.48. The summed E-state index contributed by atoms with van der Waals surface area (Å²) in [5.41, 5.74) is 6.76. The number of rotatable bonds is 5. The van der Waals surface area contributed by atoms with Crippen LogP contribution >= 0.6 is 12.4 Å². The maximum Gasteiger partial charge on any atom is 0.228 e. The van der Waals surface area contributed by atoms with E-state index in [0.717, 1.165) is 12.1 Å². The molecule has 0 spiro atoms. The van der Waals surface area contributed by atoms with Crippen LogP contribution in [0.2, 0.25) is 0 Å². The summed E-state index contributed by atoms with van der Waals surface area (Å²) in [5.74, 6) is 0.510. The molecule has 0 heterocycles. The monoisotopic (exact) mass is 296 g/mol. The molecular formula is C16H25ClN2O. The number of hydrogen-bond donors (Lipinski definition) is 2. The highest BCUT2D eigenvalue weighted by atomic mass is 35.5. The molecule has 1 aliphatic carbocycles. The first kappa shape index (κ1) is 17.0. The molecule has 0 bridgehead atoms. The molecule has 0 aromatic heterocycles. The quantitative estimate of drug-likeness (QED) is 0.878. The molecule has 1 unspecified atom stereocenters. The lowest BCUT2D eigenvalue weighted by Crippen LogP contribution is -2.36. The molecule has 1 atom stereocenters. The highest BCUT2D eigenvalue weighted by molar-refractivity contribution is 5.85. The zero-order valence-corrected chi connectivity index (χ0v) is 12.7. The molecule has 0 saturated heterocycles. The molecule has 1 aliphatic rings. The Hall–Kier alpha value is -1.06. The van der Waals surface area contributed by atoms with Crippen LogP contribution in [0.4, 0.5) is 0 Å². The van der Waals surface area contributed by atoms with Crippen LogP contribution in [-0.4, -0.2) is 19.0 Å². The third-order valence-electron chi connectivity index (χ3n) is 4.04. The second kappa shape index (κ2) is 8.98. The Labute approximate surface area is 127 Å². The van der Waals surface area contributed by atoms with Gasteiger partial charge in [0.05, 0.1) is 5.92 Å². The van der Waals surface area contributed by atoms with Gasteiger partial charge in [0.1, 0.15) is 0 Å². The number of nitrogens with one attached hydrogen (secondary N) is 1. The molecule has 1 amide bonds. The fourth-order valence-electron chi connectivity index (χ4n) is 2.84. The molecular weight excluding hydrogens is 272 g/mol. The highest BCUT2D eigenvalue weighted by Crippen LogP contribution is 2.23. The van der Waals surface area contributed by atoms with E-state index in [4.69, 9.17) is 5.73 Å². The summed E-state index contributed by atoms with van der Waals surface area (Å²) < 4.78 is 0. The molecule has 2 rings (SSSR count). The van der Waals surface area contributed by atoms with Gasteiger partial charge < -0.3 is 11.1 Å². The van der Waals surface area contributed by atoms with Gasteiger partial charge in [-0.2, -0.15) is 0 Å². The zero-order valence-electron chi connectivity index (χ0n) is 11.9. The number of amides is 1. The van der Waals surface area contributed by atoms with E-state index >= 15 is 0 Å². The van der Waals surface area contributed by atoms with Gasteiger partial charge in [0.25, 0.3) is 0 Å². The van der Waals surface area contributed by atoms with Crippen LogP contribution in [0.25, 0.3) is 0 Å². The van der Waals surface area contributed by atoms with Gasteiger partial charge in [0.15, 0.2) is 0 Å². The first-order valence-corrected chi connectivity index (χ1v) is 7.34. The van der Waals surface area contributed by atoms with Gasteiger partial charge in [-0.3, -0.25) is 4.79 Å². The van der Waals surface area contributed by atoms with Crippen molar-refractivity contribution in [3.05, 3.63) is 35.9 Å². The van der Waals surface area contributed by atoms with Crippen molar-refractivity contribution in [1.29, 1.82) is 0 Å². The van der Waals surface area contributed by atoms with Crippen LogP contribution < -0.4 is 11.1 Å². The maximum absolute atomic E-state index is 12.2. The number of halogens is 1. The molecule has 112 valence electrons. The second-order valence-corrected chi connectivity index (χ2v) is 5.45. The normalized spacial score (nSPS) is 17.1. The minimum Gasteiger partial charge on any atom is -0.355 e. The average molecular weight is 297 g/mol. The van der Waals surface area contributed by atoms with Gasteiger partial charge >= 0.3 is 0 Å². The van der Waals surface area contributed by atoms with Crippen molar-refractivity contribution in [3.63, 3.8) is 0 Å². The first-order valence-electron chi connectivity index (χ1n) is 7.34. The highest BCUT2D eigenvalue weighted by Gasteiger charge is 2.20. The molecule has 20 heavy (non-hydrogen) atoms. The van der Waals surface area contributed by atoms with Crippen molar-refractivity contribution in [2.24, 2.45) is 11.7 Å². The van der Waals surface area contributed by atoms with Crippen LogP contribution in [-0.2, 0) is 4.79 Å². The van der Waals surface area contributed by atoms with Crippen molar-refractivity contribution in [2.75, 3.05) is 13.1 Å². The Bertz CT molecular complexity index is 391. The molecule has 3 N–H and O–H groups in total. The summed E-state index contributed by atoms with van der Waals surface area (Å²) in [5, 5.41) is 3.08. The Morgan fingerprint density at radius 2 is 1.85 bits per heavy atom. The number of hydrogen-bond acceptors (Lipinski definition) is 2. The summed E-state index contributed by atoms with van der Waals surface area (Å²) >= 11 is 0. The van der Waals surface area contributed by atoms with Crippen LogP contribution in [0.3, 0.4) is 0 Å². The third-order valence-corrected chi connectivity index (χ3v) is 4.04. The van der Waals surface area contributed by atoms with Gasteiger partial charge in [-0.15, -0.1) is 12.4 Å². The van der Waals surface area contributed by atoms with Crippen LogP contribution in [0.5, 0.6) is 0 Å². The summed E-state index contributed by atoms with van der Waals surface area (Å²) in [6, 6.07) is 9.80. The molecule has 0 aliphatic heterocycles. The van der Waals surface area contributed by atoms with Gasteiger partial charge in [0.2, 0.25) is 5.91 Å². The molecule has 3 nitrogen and oxygen atoms in total. The van der Waals surface area contributed by atoms with E-state index in [0.29, 0.717) is 12.5 Å².